The molecule has 0 bridgehead atoms. The number of rotatable bonds is 5. The van der Waals surface area contributed by atoms with Crippen molar-refractivity contribution in [1.29, 1.82) is 0 Å². The van der Waals surface area contributed by atoms with Crippen LogP contribution < -0.4 is 0 Å². The summed E-state index contributed by atoms with van der Waals surface area (Å²) < 4.78 is 6.54. The number of hydrogen-bond donors (Lipinski definition) is 0. The Morgan fingerprint density at radius 3 is 1.39 bits per heavy atom. The van der Waals surface area contributed by atoms with E-state index >= 15 is 0 Å². The summed E-state index contributed by atoms with van der Waals surface area (Å²) in [5, 5.41) is 17.3. The first-order valence-corrected chi connectivity index (χ1v) is 23.1. The van der Waals surface area contributed by atoms with Crippen LogP contribution in [0.5, 0.6) is 0 Å². The summed E-state index contributed by atoms with van der Waals surface area (Å²) >= 11 is 0. The molecular weight excluding hydrogens is 809 g/mol. The predicted molar refractivity (Wildman–Crippen MR) is 286 cm³/mol. The van der Waals surface area contributed by atoms with Crippen molar-refractivity contribution >= 4 is 86.6 Å². The van der Waals surface area contributed by atoms with E-state index in [9.17, 15) is 0 Å². The molecule has 0 saturated heterocycles. The van der Waals surface area contributed by atoms with Crippen LogP contribution >= 0.6 is 0 Å². The van der Waals surface area contributed by atoms with Gasteiger partial charge in [-0.2, -0.15) is 0 Å². The van der Waals surface area contributed by atoms with Crippen LogP contribution in [-0.4, -0.2) is 0 Å². The molecule has 0 amide bonds. The molecule has 1 nitrogen and oxygen atoms in total. The number of hydrogen-bond acceptors (Lipinski definition) is 1. The second-order valence-electron chi connectivity index (χ2n) is 17.9. The highest BCUT2D eigenvalue weighted by molar-refractivity contribution is 6.24. The second-order valence-corrected chi connectivity index (χ2v) is 17.9. The third-order valence-corrected chi connectivity index (χ3v) is 14.3. The van der Waals surface area contributed by atoms with Crippen molar-refractivity contribution in [2.45, 2.75) is 0 Å². The monoisotopic (exact) mass is 848 g/mol. The van der Waals surface area contributed by atoms with E-state index in [2.05, 4.69) is 243 Å². The maximum atomic E-state index is 6.54. The minimum absolute atomic E-state index is 0.908. The third-order valence-electron chi connectivity index (χ3n) is 14.3. The molecule has 13 aromatic carbocycles. The second kappa shape index (κ2) is 14.9. The fourth-order valence-corrected chi connectivity index (χ4v) is 11.1. The number of benzene rings is 13. The summed E-state index contributed by atoms with van der Waals surface area (Å²) in [4.78, 5) is 0. The minimum Gasteiger partial charge on any atom is -0.456 e. The van der Waals surface area contributed by atoms with Crippen molar-refractivity contribution in [3.8, 4) is 55.6 Å². The van der Waals surface area contributed by atoms with Crippen LogP contribution in [0.3, 0.4) is 0 Å². The summed E-state index contributed by atoms with van der Waals surface area (Å²) in [6, 6.07) is 89.0. The van der Waals surface area contributed by atoms with Crippen LogP contribution in [0.25, 0.3) is 142 Å². The lowest BCUT2D eigenvalue weighted by Gasteiger charge is -2.18. The van der Waals surface area contributed by atoms with Crippen molar-refractivity contribution in [2.75, 3.05) is 0 Å². The van der Waals surface area contributed by atoms with Crippen molar-refractivity contribution in [3.05, 3.63) is 243 Å². The van der Waals surface area contributed by atoms with E-state index in [1.165, 1.54) is 120 Å². The van der Waals surface area contributed by atoms with E-state index < -0.39 is 0 Å². The molecule has 0 aliphatic rings. The molecule has 0 radical (unpaired) electrons. The van der Waals surface area contributed by atoms with Gasteiger partial charge < -0.3 is 4.42 Å². The highest BCUT2D eigenvalue weighted by Gasteiger charge is 2.18. The molecule has 1 heteroatoms. The Balaban J connectivity index is 0.861. The molecule has 14 rings (SSSR count). The van der Waals surface area contributed by atoms with Crippen molar-refractivity contribution in [3.63, 3.8) is 0 Å². The Morgan fingerprint density at radius 1 is 0.209 bits per heavy atom. The highest BCUT2D eigenvalue weighted by Crippen LogP contribution is 2.45. The zero-order valence-electron chi connectivity index (χ0n) is 36.5. The fraction of sp³-hybridized carbons (Fsp3) is 0. The molecule has 0 fully saturated rings. The van der Waals surface area contributed by atoms with E-state index in [1.54, 1.807) is 0 Å². The lowest BCUT2D eigenvalue weighted by Crippen LogP contribution is -1.91. The maximum Gasteiger partial charge on any atom is 0.136 e. The molecule has 0 aliphatic heterocycles. The van der Waals surface area contributed by atoms with Gasteiger partial charge in [0.25, 0.3) is 0 Å². The van der Waals surface area contributed by atoms with E-state index in [1.807, 2.05) is 0 Å². The van der Waals surface area contributed by atoms with Gasteiger partial charge in [0.05, 0.1) is 0 Å². The first-order chi connectivity index (χ1) is 33.2. The summed E-state index contributed by atoms with van der Waals surface area (Å²) in [6.07, 6.45) is 0. The summed E-state index contributed by atoms with van der Waals surface area (Å²) in [5.41, 5.74) is 14.0. The van der Waals surface area contributed by atoms with Crippen molar-refractivity contribution in [1.82, 2.24) is 0 Å². The van der Waals surface area contributed by atoms with Gasteiger partial charge in [0.2, 0.25) is 0 Å². The Hall–Kier alpha value is -8.78. The molecule has 1 aromatic heterocycles. The summed E-state index contributed by atoms with van der Waals surface area (Å²) in [6.45, 7) is 0. The van der Waals surface area contributed by atoms with E-state index in [0.29, 0.717) is 0 Å². The van der Waals surface area contributed by atoms with Gasteiger partial charge in [-0.15, -0.1) is 0 Å². The minimum atomic E-state index is 0.908. The van der Waals surface area contributed by atoms with E-state index in [4.69, 9.17) is 4.42 Å². The molecule has 0 spiro atoms. The van der Waals surface area contributed by atoms with Crippen molar-refractivity contribution in [2.24, 2.45) is 0 Å². The topological polar surface area (TPSA) is 13.1 Å². The molecule has 310 valence electrons. The van der Waals surface area contributed by atoms with Crippen LogP contribution in [0.4, 0.5) is 0 Å². The average molecular weight is 849 g/mol. The van der Waals surface area contributed by atoms with Gasteiger partial charge in [-0.05, 0) is 145 Å². The molecule has 0 atom stereocenters. The molecule has 14 aromatic rings. The molecular formula is C66H40O. The molecule has 0 N–H and O–H groups in total. The van der Waals surface area contributed by atoms with Gasteiger partial charge in [0, 0.05) is 10.8 Å². The third kappa shape index (κ3) is 5.95. The zero-order valence-corrected chi connectivity index (χ0v) is 36.5. The Bertz CT molecular complexity index is 4230. The van der Waals surface area contributed by atoms with Crippen LogP contribution in [0.15, 0.2) is 247 Å². The lowest BCUT2D eigenvalue weighted by molar-refractivity contribution is 0.669. The zero-order chi connectivity index (χ0) is 44.0. The Labute approximate surface area is 387 Å². The smallest absolute Gasteiger partial charge is 0.136 e. The molecule has 0 aliphatic carbocycles. The quantitative estimate of drug-likeness (QED) is 0.124. The molecule has 67 heavy (non-hydrogen) atoms. The average Bonchev–Trinajstić information content (AvgIpc) is 3.79. The summed E-state index contributed by atoms with van der Waals surface area (Å²) in [5.74, 6) is 0. The Morgan fingerprint density at radius 2 is 0.687 bits per heavy atom. The lowest BCUT2D eigenvalue weighted by atomic mass is 9.85. The number of furan rings is 1. The van der Waals surface area contributed by atoms with Crippen LogP contribution in [-0.2, 0) is 0 Å². The van der Waals surface area contributed by atoms with Crippen LogP contribution in [0, 0.1) is 0 Å². The van der Waals surface area contributed by atoms with E-state index in [-0.39, 0.29) is 0 Å². The van der Waals surface area contributed by atoms with Gasteiger partial charge in [-0.25, -0.2) is 0 Å². The maximum absolute atomic E-state index is 6.54. The molecule has 1 heterocycles. The first-order valence-electron chi connectivity index (χ1n) is 23.1. The van der Waals surface area contributed by atoms with Crippen LogP contribution in [0.2, 0.25) is 0 Å². The molecule has 0 saturated carbocycles. The largest absolute Gasteiger partial charge is 0.456 e. The predicted octanol–water partition coefficient (Wildman–Crippen LogP) is 18.8. The van der Waals surface area contributed by atoms with E-state index in [0.717, 1.165) is 22.1 Å². The van der Waals surface area contributed by atoms with Gasteiger partial charge in [0.1, 0.15) is 11.2 Å². The van der Waals surface area contributed by atoms with Crippen LogP contribution in [0.1, 0.15) is 0 Å². The number of fused-ring (bicyclic) bond motifs is 12. The highest BCUT2D eigenvalue weighted by atomic mass is 16.3. The van der Waals surface area contributed by atoms with Gasteiger partial charge in [0.15, 0.2) is 0 Å². The van der Waals surface area contributed by atoms with Gasteiger partial charge in [-0.3, -0.25) is 0 Å². The van der Waals surface area contributed by atoms with Gasteiger partial charge >= 0.3 is 0 Å². The SMILES string of the molecule is c1ccc(-c2ccc(-c3c4ccccc4c(-c4ccc(-c5ccc6ccc7c(ccc8cccc(-c9ccc%10c(c9)oc9ccc%11ccccc%11c9%10)c87)c6c5)cc4)c4ccccc34)cc2)cc1. The first kappa shape index (κ1) is 37.6. The standard InChI is InChI=1S/C66H40O/c1-2-11-41(12-3-1)42-21-26-47(27-22-42)64-54-16-6-8-18-56(54)65(57-19-9-7-17-55(57)64)48-28-23-43(24-29-48)49-30-25-45-31-36-58-53(60(45)39-49)35-32-46-14-10-20-52(63(46)58)50-33-37-59-62(40-50)67-61-38-34-44-13-4-5-15-51(44)66(59)61/h1-40H. The summed E-state index contributed by atoms with van der Waals surface area (Å²) in [7, 11) is 0. The van der Waals surface area contributed by atoms with Gasteiger partial charge in [-0.1, -0.05) is 218 Å². The molecule has 0 unspecified atom stereocenters. The normalized spacial score (nSPS) is 11.9. The Kier molecular flexibility index (Phi) is 8.35. The van der Waals surface area contributed by atoms with Crippen molar-refractivity contribution < 1.29 is 4.42 Å². The fourth-order valence-electron chi connectivity index (χ4n) is 11.1.